The standard InChI is InChI=1S/C19H26FN3O/c1-4-6-17(23-10-5-7-13(2)12-23)18-21-16-9-8-14(20)11-15(16)19(24)22(18)3/h8-9,11,13,17H,4-7,10,12H2,1-3H3/t13-,17-/m1/s1. The van der Waals surface area contributed by atoms with Crippen molar-refractivity contribution in [2.75, 3.05) is 13.1 Å². The Morgan fingerprint density at radius 2 is 2.21 bits per heavy atom. The summed E-state index contributed by atoms with van der Waals surface area (Å²) in [4.78, 5) is 19.9. The van der Waals surface area contributed by atoms with E-state index in [9.17, 15) is 9.18 Å². The number of aromatic nitrogens is 2. The van der Waals surface area contributed by atoms with Gasteiger partial charge in [-0.3, -0.25) is 14.3 Å². The van der Waals surface area contributed by atoms with E-state index < -0.39 is 5.82 Å². The zero-order valence-electron chi connectivity index (χ0n) is 14.8. The first-order chi connectivity index (χ1) is 11.5. The molecule has 1 aromatic heterocycles. The second kappa shape index (κ2) is 7.01. The van der Waals surface area contributed by atoms with Crippen molar-refractivity contribution in [3.63, 3.8) is 0 Å². The Bertz CT molecular complexity index is 786. The van der Waals surface area contributed by atoms with Gasteiger partial charge in [-0.15, -0.1) is 0 Å². The fourth-order valence-corrected chi connectivity index (χ4v) is 3.82. The number of benzene rings is 1. The molecule has 2 heterocycles. The van der Waals surface area contributed by atoms with Crippen LogP contribution in [0.5, 0.6) is 0 Å². The first-order valence-corrected chi connectivity index (χ1v) is 8.91. The van der Waals surface area contributed by atoms with Gasteiger partial charge in [0, 0.05) is 13.6 Å². The number of likely N-dealkylation sites (tertiary alicyclic amines) is 1. The third-order valence-corrected chi connectivity index (χ3v) is 5.06. The van der Waals surface area contributed by atoms with Crippen molar-refractivity contribution < 1.29 is 4.39 Å². The van der Waals surface area contributed by atoms with E-state index in [0.717, 1.165) is 31.8 Å². The topological polar surface area (TPSA) is 38.1 Å². The van der Waals surface area contributed by atoms with Crippen molar-refractivity contribution in [1.82, 2.24) is 14.5 Å². The Morgan fingerprint density at radius 1 is 1.42 bits per heavy atom. The van der Waals surface area contributed by atoms with Crippen LogP contribution >= 0.6 is 0 Å². The summed E-state index contributed by atoms with van der Waals surface area (Å²) in [7, 11) is 1.76. The Kier molecular flexibility index (Phi) is 4.99. The molecular formula is C19H26FN3O. The Balaban J connectivity index is 2.08. The van der Waals surface area contributed by atoms with Crippen molar-refractivity contribution in [3.05, 3.63) is 40.2 Å². The van der Waals surface area contributed by atoms with Gasteiger partial charge < -0.3 is 0 Å². The molecule has 0 radical (unpaired) electrons. The largest absolute Gasteiger partial charge is 0.298 e. The lowest BCUT2D eigenvalue weighted by Gasteiger charge is -2.37. The minimum Gasteiger partial charge on any atom is -0.298 e. The molecule has 0 unspecified atom stereocenters. The molecule has 0 amide bonds. The van der Waals surface area contributed by atoms with E-state index in [4.69, 9.17) is 4.98 Å². The highest BCUT2D eigenvalue weighted by Gasteiger charge is 2.27. The lowest BCUT2D eigenvalue weighted by atomic mass is 9.97. The molecule has 24 heavy (non-hydrogen) atoms. The molecule has 0 saturated carbocycles. The molecule has 2 aromatic rings. The summed E-state index contributed by atoms with van der Waals surface area (Å²) in [6, 6.07) is 4.41. The van der Waals surface area contributed by atoms with Crippen molar-refractivity contribution >= 4 is 10.9 Å². The number of piperidine rings is 1. The van der Waals surface area contributed by atoms with Crippen LogP contribution in [0.2, 0.25) is 0 Å². The van der Waals surface area contributed by atoms with Crippen LogP contribution in [0.4, 0.5) is 4.39 Å². The van der Waals surface area contributed by atoms with E-state index in [0.29, 0.717) is 16.8 Å². The smallest absolute Gasteiger partial charge is 0.261 e. The summed E-state index contributed by atoms with van der Waals surface area (Å²) in [6.45, 7) is 6.54. The van der Waals surface area contributed by atoms with Crippen LogP contribution in [-0.4, -0.2) is 27.5 Å². The maximum Gasteiger partial charge on any atom is 0.261 e. The SMILES string of the molecule is CCC[C@H](c1nc2ccc(F)cc2c(=O)n1C)N1CCC[C@@H](C)C1. The van der Waals surface area contributed by atoms with Crippen LogP contribution in [0.15, 0.2) is 23.0 Å². The van der Waals surface area contributed by atoms with Crippen LogP contribution < -0.4 is 5.56 Å². The fraction of sp³-hybridized carbons (Fsp3) is 0.579. The number of hydrogen-bond acceptors (Lipinski definition) is 3. The second-order valence-electron chi connectivity index (χ2n) is 7.04. The van der Waals surface area contributed by atoms with Gasteiger partial charge in [-0.2, -0.15) is 0 Å². The molecule has 130 valence electrons. The van der Waals surface area contributed by atoms with Gasteiger partial charge in [0.2, 0.25) is 0 Å². The summed E-state index contributed by atoms with van der Waals surface area (Å²) in [5, 5.41) is 0.350. The molecule has 0 N–H and O–H groups in total. The van der Waals surface area contributed by atoms with Gasteiger partial charge in [0.15, 0.2) is 0 Å². The van der Waals surface area contributed by atoms with E-state index >= 15 is 0 Å². The van der Waals surface area contributed by atoms with Crippen LogP contribution in [0.3, 0.4) is 0 Å². The molecule has 0 bridgehead atoms. The van der Waals surface area contributed by atoms with Crippen LogP contribution in [-0.2, 0) is 7.05 Å². The molecule has 4 nitrogen and oxygen atoms in total. The summed E-state index contributed by atoms with van der Waals surface area (Å²) < 4.78 is 15.1. The van der Waals surface area contributed by atoms with Gasteiger partial charge in [-0.25, -0.2) is 9.37 Å². The number of fused-ring (bicyclic) bond motifs is 1. The zero-order valence-corrected chi connectivity index (χ0v) is 14.8. The minimum absolute atomic E-state index is 0.143. The average Bonchev–Trinajstić information content (AvgIpc) is 2.57. The Labute approximate surface area is 142 Å². The fourth-order valence-electron chi connectivity index (χ4n) is 3.82. The van der Waals surface area contributed by atoms with E-state index in [1.807, 2.05) is 0 Å². The molecule has 3 rings (SSSR count). The Morgan fingerprint density at radius 3 is 2.92 bits per heavy atom. The van der Waals surface area contributed by atoms with Crippen molar-refractivity contribution in [2.45, 2.75) is 45.6 Å². The van der Waals surface area contributed by atoms with Crippen LogP contribution in [0.25, 0.3) is 10.9 Å². The van der Waals surface area contributed by atoms with Crippen molar-refractivity contribution in [2.24, 2.45) is 13.0 Å². The Hall–Kier alpha value is -1.75. The molecule has 1 aliphatic heterocycles. The molecule has 1 fully saturated rings. The highest BCUT2D eigenvalue weighted by molar-refractivity contribution is 5.77. The quantitative estimate of drug-likeness (QED) is 0.858. The lowest BCUT2D eigenvalue weighted by molar-refractivity contribution is 0.115. The number of hydrogen-bond donors (Lipinski definition) is 0. The van der Waals surface area contributed by atoms with E-state index in [1.165, 1.54) is 25.0 Å². The molecule has 5 heteroatoms. The number of nitrogens with zero attached hydrogens (tertiary/aromatic N) is 3. The predicted octanol–water partition coefficient (Wildman–Crippen LogP) is 3.65. The van der Waals surface area contributed by atoms with E-state index in [1.54, 1.807) is 17.7 Å². The highest BCUT2D eigenvalue weighted by Crippen LogP contribution is 2.29. The van der Waals surface area contributed by atoms with E-state index in [2.05, 4.69) is 18.7 Å². The molecule has 0 aliphatic carbocycles. The first kappa shape index (κ1) is 17.1. The average molecular weight is 331 g/mol. The third-order valence-electron chi connectivity index (χ3n) is 5.06. The van der Waals surface area contributed by atoms with Crippen LogP contribution in [0, 0.1) is 11.7 Å². The summed E-state index contributed by atoms with van der Waals surface area (Å²) in [5.74, 6) is 1.07. The molecule has 2 atom stereocenters. The maximum absolute atomic E-state index is 13.5. The van der Waals surface area contributed by atoms with Gasteiger partial charge >= 0.3 is 0 Å². The molecular weight excluding hydrogens is 305 g/mol. The maximum atomic E-state index is 13.5. The van der Waals surface area contributed by atoms with Crippen molar-refractivity contribution in [1.29, 1.82) is 0 Å². The zero-order chi connectivity index (χ0) is 17.3. The summed E-state index contributed by atoms with van der Waals surface area (Å²) in [5.41, 5.74) is 0.418. The second-order valence-corrected chi connectivity index (χ2v) is 7.04. The van der Waals surface area contributed by atoms with Gasteiger partial charge in [0.25, 0.3) is 5.56 Å². The van der Waals surface area contributed by atoms with Gasteiger partial charge in [0.1, 0.15) is 11.6 Å². The molecule has 0 spiro atoms. The normalized spacial score (nSPS) is 20.4. The number of halogens is 1. The highest BCUT2D eigenvalue weighted by atomic mass is 19.1. The van der Waals surface area contributed by atoms with Gasteiger partial charge in [-0.1, -0.05) is 20.3 Å². The molecule has 1 aliphatic rings. The van der Waals surface area contributed by atoms with Crippen LogP contribution in [0.1, 0.15) is 51.4 Å². The lowest BCUT2D eigenvalue weighted by Crippen LogP contribution is -2.40. The molecule has 1 saturated heterocycles. The van der Waals surface area contributed by atoms with Crippen molar-refractivity contribution in [3.8, 4) is 0 Å². The minimum atomic E-state index is -0.399. The van der Waals surface area contributed by atoms with Gasteiger partial charge in [0.05, 0.1) is 16.9 Å². The summed E-state index contributed by atoms with van der Waals surface area (Å²) in [6.07, 6.45) is 4.46. The predicted molar refractivity (Wildman–Crippen MR) is 94.6 cm³/mol. The monoisotopic (exact) mass is 331 g/mol. The van der Waals surface area contributed by atoms with Gasteiger partial charge in [-0.05, 0) is 49.9 Å². The first-order valence-electron chi connectivity index (χ1n) is 8.91. The third kappa shape index (κ3) is 3.22. The summed E-state index contributed by atoms with van der Waals surface area (Å²) >= 11 is 0. The number of rotatable bonds is 4. The molecule has 1 aromatic carbocycles. The van der Waals surface area contributed by atoms with E-state index in [-0.39, 0.29) is 11.6 Å².